The SMILES string of the molecule is Cc1ccc(NC(=O)C(=O)N2CC[C@@H](O)C2)c(Br)c1. The van der Waals surface area contributed by atoms with Gasteiger partial charge in [-0.3, -0.25) is 9.59 Å². The molecule has 0 aliphatic carbocycles. The van der Waals surface area contributed by atoms with Crippen LogP contribution in [0.15, 0.2) is 22.7 Å². The van der Waals surface area contributed by atoms with Gasteiger partial charge in [-0.25, -0.2) is 0 Å². The molecule has 1 aromatic rings. The first-order chi connectivity index (χ1) is 8.97. The first kappa shape index (κ1) is 14.0. The monoisotopic (exact) mass is 326 g/mol. The highest BCUT2D eigenvalue weighted by Gasteiger charge is 2.29. The number of hydrogen-bond donors (Lipinski definition) is 2. The van der Waals surface area contributed by atoms with Gasteiger partial charge in [-0.2, -0.15) is 0 Å². The van der Waals surface area contributed by atoms with Crippen molar-refractivity contribution in [2.75, 3.05) is 18.4 Å². The maximum atomic E-state index is 11.9. The molecular formula is C13H15BrN2O3. The average molecular weight is 327 g/mol. The van der Waals surface area contributed by atoms with Crippen LogP contribution in [-0.2, 0) is 9.59 Å². The van der Waals surface area contributed by atoms with Crippen molar-refractivity contribution in [2.24, 2.45) is 0 Å². The standard InChI is InChI=1S/C13H15BrN2O3/c1-8-2-3-11(10(14)6-8)15-12(18)13(19)16-5-4-9(17)7-16/h2-3,6,9,17H,4-5,7H2,1H3,(H,15,18)/t9-/m1/s1. The fraction of sp³-hybridized carbons (Fsp3) is 0.385. The summed E-state index contributed by atoms with van der Waals surface area (Å²) in [6.45, 7) is 2.58. The number of nitrogens with one attached hydrogen (secondary N) is 1. The Morgan fingerprint density at radius 3 is 2.79 bits per heavy atom. The second kappa shape index (κ2) is 5.71. The molecule has 0 unspecified atom stereocenters. The minimum atomic E-state index is -0.682. The van der Waals surface area contributed by atoms with Crippen molar-refractivity contribution < 1.29 is 14.7 Å². The second-order valence-electron chi connectivity index (χ2n) is 4.63. The molecule has 1 aliphatic heterocycles. The molecule has 0 bridgehead atoms. The van der Waals surface area contributed by atoms with Crippen molar-refractivity contribution in [1.29, 1.82) is 0 Å². The highest BCUT2D eigenvalue weighted by atomic mass is 79.9. The Balaban J connectivity index is 2.02. The zero-order valence-electron chi connectivity index (χ0n) is 10.5. The number of likely N-dealkylation sites (tertiary alicyclic amines) is 1. The number of aliphatic hydroxyl groups is 1. The summed E-state index contributed by atoms with van der Waals surface area (Å²) < 4.78 is 0.732. The maximum Gasteiger partial charge on any atom is 0.313 e. The molecule has 1 aliphatic rings. The Kier molecular flexibility index (Phi) is 4.21. The van der Waals surface area contributed by atoms with Gasteiger partial charge in [0.15, 0.2) is 0 Å². The fourth-order valence-electron chi connectivity index (χ4n) is 1.97. The quantitative estimate of drug-likeness (QED) is 0.764. The third-order valence-electron chi connectivity index (χ3n) is 3.02. The molecule has 19 heavy (non-hydrogen) atoms. The number of β-amino-alcohol motifs (C(OH)–C–C–N with tert-alkyl or cyclic N) is 1. The van der Waals surface area contributed by atoms with Gasteiger partial charge in [0.1, 0.15) is 0 Å². The molecular weight excluding hydrogens is 312 g/mol. The minimum Gasteiger partial charge on any atom is -0.391 e. The lowest BCUT2D eigenvalue weighted by molar-refractivity contribution is -0.142. The molecule has 5 nitrogen and oxygen atoms in total. The molecule has 2 N–H and O–H groups in total. The van der Waals surface area contributed by atoms with Gasteiger partial charge in [-0.05, 0) is 47.0 Å². The molecule has 2 amide bonds. The van der Waals surface area contributed by atoms with Gasteiger partial charge >= 0.3 is 11.8 Å². The van der Waals surface area contributed by atoms with Crippen LogP contribution in [0.4, 0.5) is 5.69 Å². The van der Waals surface area contributed by atoms with Gasteiger partial charge in [0.2, 0.25) is 0 Å². The van der Waals surface area contributed by atoms with Crippen LogP contribution in [0, 0.1) is 6.92 Å². The topological polar surface area (TPSA) is 69.6 Å². The number of anilines is 1. The third kappa shape index (κ3) is 3.33. The van der Waals surface area contributed by atoms with Gasteiger partial charge < -0.3 is 15.3 Å². The lowest BCUT2D eigenvalue weighted by Crippen LogP contribution is -2.38. The van der Waals surface area contributed by atoms with Crippen LogP contribution in [0.3, 0.4) is 0 Å². The number of hydrogen-bond acceptors (Lipinski definition) is 3. The number of aliphatic hydroxyl groups excluding tert-OH is 1. The Morgan fingerprint density at radius 2 is 2.21 bits per heavy atom. The van der Waals surface area contributed by atoms with Crippen molar-refractivity contribution in [3.63, 3.8) is 0 Å². The Hall–Kier alpha value is -1.40. The summed E-state index contributed by atoms with van der Waals surface area (Å²) in [5.41, 5.74) is 1.61. The summed E-state index contributed by atoms with van der Waals surface area (Å²) in [6, 6.07) is 5.45. The van der Waals surface area contributed by atoms with Crippen LogP contribution in [0.2, 0.25) is 0 Å². The number of amides is 2. The van der Waals surface area contributed by atoms with Crippen LogP contribution < -0.4 is 5.32 Å². The van der Waals surface area contributed by atoms with Crippen LogP contribution >= 0.6 is 15.9 Å². The van der Waals surface area contributed by atoms with E-state index in [1.807, 2.05) is 19.1 Å². The number of carbonyl (C=O) groups is 2. The zero-order chi connectivity index (χ0) is 14.0. The normalized spacial score (nSPS) is 18.5. The van der Waals surface area contributed by atoms with Crippen LogP contribution in [0.5, 0.6) is 0 Å². The Morgan fingerprint density at radius 1 is 1.47 bits per heavy atom. The van der Waals surface area contributed by atoms with E-state index in [2.05, 4.69) is 21.2 Å². The number of carbonyl (C=O) groups excluding carboxylic acids is 2. The van der Waals surface area contributed by atoms with E-state index in [1.54, 1.807) is 6.07 Å². The van der Waals surface area contributed by atoms with E-state index < -0.39 is 17.9 Å². The van der Waals surface area contributed by atoms with Gasteiger partial charge in [0.05, 0.1) is 11.8 Å². The lowest BCUT2D eigenvalue weighted by Gasteiger charge is -2.15. The van der Waals surface area contributed by atoms with Gasteiger partial charge in [0.25, 0.3) is 0 Å². The lowest BCUT2D eigenvalue weighted by atomic mass is 10.2. The molecule has 1 heterocycles. The molecule has 0 aromatic heterocycles. The van der Waals surface area contributed by atoms with Crippen molar-refractivity contribution in [1.82, 2.24) is 4.90 Å². The average Bonchev–Trinajstić information content (AvgIpc) is 2.78. The van der Waals surface area contributed by atoms with Crippen molar-refractivity contribution in [3.8, 4) is 0 Å². The molecule has 0 spiro atoms. The second-order valence-corrected chi connectivity index (χ2v) is 5.49. The smallest absolute Gasteiger partial charge is 0.313 e. The summed E-state index contributed by atoms with van der Waals surface area (Å²) in [5, 5.41) is 11.9. The highest BCUT2D eigenvalue weighted by molar-refractivity contribution is 9.10. The molecule has 0 radical (unpaired) electrons. The molecule has 102 valence electrons. The molecule has 6 heteroatoms. The molecule has 2 rings (SSSR count). The summed E-state index contributed by atoms with van der Waals surface area (Å²) in [5.74, 6) is -1.29. The van der Waals surface area contributed by atoms with E-state index in [4.69, 9.17) is 0 Å². The molecule has 0 saturated carbocycles. The van der Waals surface area contributed by atoms with Gasteiger partial charge in [-0.15, -0.1) is 0 Å². The highest BCUT2D eigenvalue weighted by Crippen LogP contribution is 2.23. The zero-order valence-corrected chi connectivity index (χ0v) is 12.1. The number of nitrogens with zero attached hydrogens (tertiary/aromatic N) is 1. The van der Waals surface area contributed by atoms with E-state index >= 15 is 0 Å². The largest absolute Gasteiger partial charge is 0.391 e. The predicted molar refractivity (Wildman–Crippen MR) is 74.7 cm³/mol. The predicted octanol–water partition coefficient (Wildman–Crippen LogP) is 1.29. The molecule has 1 aromatic carbocycles. The van der Waals surface area contributed by atoms with E-state index in [0.29, 0.717) is 18.7 Å². The fourth-order valence-corrected chi connectivity index (χ4v) is 2.56. The van der Waals surface area contributed by atoms with E-state index in [1.165, 1.54) is 4.90 Å². The molecule has 1 atom stereocenters. The van der Waals surface area contributed by atoms with E-state index in [-0.39, 0.29) is 6.54 Å². The van der Waals surface area contributed by atoms with Crippen molar-refractivity contribution >= 4 is 33.4 Å². The number of rotatable bonds is 1. The van der Waals surface area contributed by atoms with E-state index in [9.17, 15) is 14.7 Å². The Bertz CT molecular complexity index is 519. The molecule has 1 saturated heterocycles. The van der Waals surface area contributed by atoms with Gasteiger partial charge in [-0.1, -0.05) is 6.07 Å². The first-order valence-electron chi connectivity index (χ1n) is 6.02. The number of benzene rings is 1. The minimum absolute atomic E-state index is 0.224. The van der Waals surface area contributed by atoms with Crippen molar-refractivity contribution in [3.05, 3.63) is 28.2 Å². The number of halogens is 1. The third-order valence-corrected chi connectivity index (χ3v) is 3.67. The maximum absolute atomic E-state index is 11.9. The van der Waals surface area contributed by atoms with Crippen molar-refractivity contribution in [2.45, 2.75) is 19.4 Å². The summed E-state index contributed by atoms with van der Waals surface area (Å²) in [7, 11) is 0. The van der Waals surface area contributed by atoms with E-state index in [0.717, 1.165) is 10.0 Å². The van der Waals surface area contributed by atoms with Crippen LogP contribution in [-0.4, -0.2) is 41.0 Å². The molecule has 1 fully saturated rings. The number of aryl methyl sites for hydroxylation is 1. The summed E-state index contributed by atoms with van der Waals surface area (Å²) in [4.78, 5) is 25.1. The first-order valence-corrected chi connectivity index (χ1v) is 6.81. The Labute approximate surface area is 119 Å². The van der Waals surface area contributed by atoms with Crippen LogP contribution in [0.25, 0.3) is 0 Å². The van der Waals surface area contributed by atoms with Crippen LogP contribution in [0.1, 0.15) is 12.0 Å². The summed E-state index contributed by atoms with van der Waals surface area (Å²) in [6.07, 6.45) is -0.00405. The van der Waals surface area contributed by atoms with Gasteiger partial charge in [0, 0.05) is 17.6 Å². The summed E-state index contributed by atoms with van der Waals surface area (Å²) >= 11 is 3.34.